The average molecular weight is 409 g/mol. The molecule has 0 radical (unpaired) electrons. The van der Waals surface area contributed by atoms with Gasteiger partial charge in [-0.3, -0.25) is 15.0 Å². The van der Waals surface area contributed by atoms with Gasteiger partial charge in [0.2, 0.25) is 0 Å². The third-order valence-corrected chi connectivity index (χ3v) is 5.97. The quantitative estimate of drug-likeness (QED) is 0.455. The summed E-state index contributed by atoms with van der Waals surface area (Å²) < 4.78 is 0. The number of aromatic amines is 2. The Hall–Kier alpha value is -3.58. The monoisotopic (exact) mass is 409 g/mol. The van der Waals surface area contributed by atoms with Gasteiger partial charge in [0.1, 0.15) is 5.52 Å². The highest BCUT2D eigenvalue weighted by Gasteiger charge is 2.16. The van der Waals surface area contributed by atoms with Gasteiger partial charge in [-0.05, 0) is 61.8 Å². The molecule has 4 aromatic heterocycles. The van der Waals surface area contributed by atoms with E-state index in [0.717, 1.165) is 45.6 Å². The highest BCUT2D eigenvalue weighted by atomic mass is 15.2. The van der Waals surface area contributed by atoms with Crippen LogP contribution >= 0.6 is 0 Å². The topological polar surface area (TPSA) is 86.4 Å². The van der Waals surface area contributed by atoms with Crippen LogP contribution in [0.5, 0.6) is 0 Å². The minimum Gasteiger partial charge on any atom is -0.337 e. The number of aromatic nitrogens is 6. The van der Waals surface area contributed by atoms with E-state index in [9.17, 15) is 0 Å². The van der Waals surface area contributed by atoms with Crippen LogP contribution < -0.4 is 0 Å². The number of hydrogen-bond acceptors (Lipinski definition) is 5. The Balaban J connectivity index is 1.36. The van der Waals surface area contributed by atoms with Gasteiger partial charge in [0, 0.05) is 24.5 Å². The van der Waals surface area contributed by atoms with Crippen LogP contribution in [0.1, 0.15) is 24.8 Å². The van der Waals surface area contributed by atoms with Crippen LogP contribution in [0.15, 0.2) is 54.9 Å². The van der Waals surface area contributed by atoms with E-state index in [1.54, 1.807) is 0 Å². The zero-order chi connectivity index (χ0) is 20.6. The van der Waals surface area contributed by atoms with Crippen molar-refractivity contribution in [2.24, 2.45) is 0 Å². The van der Waals surface area contributed by atoms with Crippen LogP contribution in [0.25, 0.3) is 44.8 Å². The van der Waals surface area contributed by atoms with Gasteiger partial charge in [-0.25, -0.2) is 9.97 Å². The fourth-order valence-electron chi connectivity index (χ4n) is 4.38. The van der Waals surface area contributed by atoms with E-state index >= 15 is 0 Å². The largest absolute Gasteiger partial charge is 0.337 e. The molecule has 1 aliphatic rings. The van der Waals surface area contributed by atoms with Gasteiger partial charge in [-0.15, -0.1) is 0 Å². The number of nitrogens with one attached hydrogen (secondary N) is 2. The summed E-state index contributed by atoms with van der Waals surface area (Å²) in [5.74, 6) is 0.717. The van der Waals surface area contributed by atoms with E-state index in [2.05, 4.69) is 31.1 Å². The van der Waals surface area contributed by atoms with E-state index in [4.69, 9.17) is 9.97 Å². The molecule has 5 aromatic rings. The third-order valence-electron chi connectivity index (χ3n) is 5.97. The molecule has 1 fully saturated rings. The molecule has 31 heavy (non-hydrogen) atoms. The molecule has 1 aromatic carbocycles. The first-order chi connectivity index (χ1) is 15.3. The minimum absolute atomic E-state index is 0.717. The number of benzene rings is 1. The van der Waals surface area contributed by atoms with E-state index in [1.807, 2.05) is 48.8 Å². The lowest BCUT2D eigenvalue weighted by atomic mass is 10.1. The number of rotatable bonds is 4. The molecule has 7 heteroatoms. The molecule has 0 saturated carbocycles. The lowest BCUT2D eigenvalue weighted by Gasteiger charge is -2.26. The lowest BCUT2D eigenvalue weighted by Crippen LogP contribution is -2.29. The first-order valence-electron chi connectivity index (χ1n) is 10.8. The van der Waals surface area contributed by atoms with Crippen molar-refractivity contribution in [2.75, 3.05) is 13.1 Å². The molecule has 0 aliphatic carbocycles. The summed E-state index contributed by atoms with van der Waals surface area (Å²) in [7, 11) is 0. The van der Waals surface area contributed by atoms with Gasteiger partial charge >= 0.3 is 0 Å². The van der Waals surface area contributed by atoms with E-state index in [0.29, 0.717) is 5.82 Å². The number of nitrogens with zero attached hydrogens (tertiary/aromatic N) is 5. The standard InChI is InChI=1S/C24H23N7/c1-4-10-31(11-5-1)15-16-12-17(14-25-13-16)18-8-9-21-22(26-18)23(30-29-21)24-27-19-6-2-3-7-20(19)28-24/h2-3,6-9,12-14H,1,4-5,10-11,15H2,(H,27,28)(H,29,30). The van der Waals surface area contributed by atoms with E-state index in [1.165, 1.54) is 37.9 Å². The van der Waals surface area contributed by atoms with Crippen molar-refractivity contribution in [3.05, 3.63) is 60.4 Å². The molecule has 154 valence electrons. The summed E-state index contributed by atoms with van der Waals surface area (Å²) >= 11 is 0. The Morgan fingerprint density at radius 2 is 1.81 bits per heavy atom. The lowest BCUT2D eigenvalue weighted by molar-refractivity contribution is 0.220. The van der Waals surface area contributed by atoms with Gasteiger partial charge in [0.05, 0.1) is 22.2 Å². The fraction of sp³-hybridized carbons (Fsp3) is 0.250. The van der Waals surface area contributed by atoms with Crippen LogP contribution in [-0.4, -0.2) is 48.1 Å². The van der Waals surface area contributed by atoms with Crippen LogP contribution in [0.3, 0.4) is 0 Å². The van der Waals surface area contributed by atoms with Gasteiger partial charge in [0.15, 0.2) is 11.5 Å². The number of para-hydroxylation sites is 2. The maximum Gasteiger partial charge on any atom is 0.161 e. The number of likely N-dealkylation sites (tertiary alicyclic amines) is 1. The molecule has 1 aliphatic heterocycles. The first kappa shape index (κ1) is 18.2. The molecule has 0 atom stereocenters. The van der Waals surface area contributed by atoms with Crippen molar-refractivity contribution in [3.8, 4) is 22.8 Å². The Morgan fingerprint density at radius 3 is 2.71 bits per heavy atom. The molecule has 0 unspecified atom stereocenters. The summed E-state index contributed by atoms with van der Waals surface area (Å²) in [6.07, 6.45) is 7.77. The molecule has 7 nitrogen and oxygen atoms in total. The summed E-state index contributed by atoms with van der Waals surface area (Å²) in [5, 5.41) is 7.57. The predicted molar refractivity (Wildman–Crippen MR) is 121 cm³/mol. The Kier molecular flexibility index (Phi) is 4.46. The van der Waals surface area contributed by atoms with Gasteiger partial charge < -0.3 is 4.98 Å². The Bertz CT molecular complexity index is 1330. The molecule has 5 heterocycles. The van der Waals surface area contributed by atoms with Gasteiger partial charge in [-0.1, -0.05) is 18.6 Å². The number of imidazole rings is 1. The van der Waals surface area contributed by atoms with Crippen LogP contribution in [-0.2, 0) is 6.54 Å². The zero-order valence-electron chi connectivity index (χ0n) is 17.2. The highest BCUT2D eigenvalue weighted by molar-refractivity contribution is 5.91. The second kappa shape index (κ2) is 7.59. The number of H-pyrrole nitrogens is 2. The molecule has 0 spiro atoms. The highest BCUT2D eigenvalue weighted by Crippen LogP contribution is 2.28. The van der Waals surface area contributed by atoms with Crippen LogP contribution in [0.4, 0.5) is 0 Å². The zero-order valence-corrected chi connectivity index (χ0v) is 17.2. The number of piperidine rings is 1. The number of fused-ring (bicyclic) bond motifs is 2. The second-order valence-electron chi connectivity index (χ2n) is 8.19. The SMILES string of the molecule is c1ccc2[nH]c(-c3n[nH]c4ccc(-c5cncc(CN6CCCCC6)c5)nc34)nc2c1. The first-order valence-corrected chi connectivity index (χ1v) is 10.8. The van der Waals surface area contributed by atoms with Crippen molar-refractivity contribution in [1.82, 2.24) is 35.0 Å². The van der Waals surface area contributed by atoms with Gasteiger partial charge in [0.25, 0.3) is 0 Å². The molecular weight excluding hydrogens is 386 g/mol. The minimum atomic E-state index is 0.717. The second-order valence-corrected chi connectivity index (χ2v) is 8.19. The van der Waals surface area contributed by atoms with Crippen molar-refractivity contribution >= 4 is 22.1 Å². The van der Waals surface area contributed by atoms with Gasteiger partial charge in [-0.2, -0.15) is 5.10 Å². The summed E-state index contributed by atoms with van der Waals surface area (Å²) in [6, 6.07) is 14.2. The number of hydrogen-bond donors (Lipinski definition) is 2. The van der Waals surface area contributed by atoms with Crippen LogP contribution in [0, 0.1) is 0 Å². The van der Waals surface area contributed by atoms with Crippen molar-refractivity contribution in [1.29, 1.82) is 0 Å². The summed E-state index contributed by atoms with van der Waals surface area (Å²) in [6.45, 7) is 3.29. The van der Waals surface area contributed by atoms with Crippen molar-refractivity contribution in [2.45, 2.75) is 25.8 Å². The molecule has 0 bridgehead atoms. The maximum atomic E-state index is 4.93. The predicted octanol–water partition coefficient (Wildman–Crippen LogP) is 4.55. The van der Waals surface area contributed by atoms with E-state index in [-0.39, 0.29) is 0 Å². The van der Waals surface area contributed by atoms with E-state index < -0.39 is 0 Å². The van der Waals surface area contributed by atoms with Crippen molar-refractivity contribution in [3.63, 3.8) is 0 Å². The fourth-order valence-corrected chi connectivity index (χ4v) is 4.38. The molecule has 1 saturated heterocycles. The average Bonchev–Trinajstić information content (AvgIpc) is 3.43. The Morgan fingerprint density at radius 1 is 0.903 bits per heavy atom. The van der Waals surface area contributed by atoms with Crippen LogP contribution in [0.2, 0.25) is 0 Å². The molecule has 0 amide bonds. The maximum absolute atomic E-state index is 4.93. The summed E-state index contributed by atoms with van der Waals surface area (Å²) in [5.41, 5.74) is 7.46. The number of pyridine rings is 2. The third kappa shape index (κ3) is 3.47. The van der Waals surface area contributed by atoms with Crippen molar-refractivity contribution < 1.29 is 0 Å². The summed E-state index contributed by atoms with van der Waals surface area (Å²) in [4.78, 5) is 20.0. The molecular formula is C24H23N7. The normalized spacial score (nSPS) is 15.1. The molecule has 2 N–H and O–H groups in total. The molecule has 6 rings (SSSR count). The smallest absolute Gasteiger partial charge is 0.161 e. The Labute approximate surface area is 179 Å².